The lowest BCUT2D eigenvalue weighted by Gasteiger charge is -2.22. The molecule has 2 aromatic heterocycles. The Morgan fingerprint density at radius 3 is 2.53 bits per heavy atom. The highest BCUT2D eigenvalue weighted by Crippen LogP contribution is 2.30. The van der Waals surface area contributed by atoms with Crippen LogP contribution in [0.1, 0.15) is 17.7 Å². The van der Waals surface area contributed by atoms with Crippen molar-refractivity contribution >= 4 is 33.8 Å². The van der Waals surface area contributed by atoms with Crippen LogP contribution in [0, 0.1) is 5.82 Å². The van der Waals surface area contributed by atoms with Gasteiger partial charge in [-0.3, -0.25) is 14.2 Å². The van der Waals surface area contributed by atoms with Gasteiger partial charge in [-0.25, -0.2) is 9.37 Å². The molecular formula is C25H24FN3O4S. The first-order valence-electron chi connectivity index (χ1n) is 10.7. The number of halogens is 1. The Bertz CT molecular complexity index is 1340. The van der Waals surface area contributed by atoms with Gasteiger partial charge in [-0.2, -0.15) is 0 Å². The van der Waals surface area contributed by atoms with Gasteiger partial charge in [-0.1, -0.05) is 6.07 Å². The average molecular weight is 482 g/mol. The number of amides is 1. The summed E-state index contributed by atoms with van der Waals surface area (Å²) in [6.07, 6.45) is 2.14. The molecule has 0 aliphatic rings. The standard InChI is InChI=1S/C25H24FN3O4S/c1-32-22-13-20-21(14-23(22)33-2)27-16-28(25(20)31)11-3-6-24(30)29(15-19-5-4-12-34-19)18-9-7-17(26)8-10-18/h4-5,7-10,12-14,16H,3,6,11,15H2,1-2H3. The van der Waals surface area contributed by atoms with E-state index < -0.39 is 0 Å². The second-order valence-electron chi connectivity index (χ2n) is 7.61. The van der Waals surface area contributed by atoms with Crippen LogP contribution in [0.25, 0.3) is 10.9 Å². The van der Waals surface area contributed by atoms with Crippen molar-refractivity contribution < 1.29 is 18.7 Å². The highest BCUT2D eigenvalue weighted by atomic mass is 32.1. The Kier molecular flexibility index (Phi) is 7.22. The number of ether oxygens (including phenoxy) is 2. The number of fused-ring (bicyclic) bond motifs is 1. The fourth-order valence-electron chi connectivity index (χ4n) is 3.68. The first kappa shape index (κ1) is 23.4. The molecule has 0 bridgehead atoms. The summed E-state index contributed by atoms with van der Waals surface area (Å²) in [5, 5.41) is 2.36. The summed E-state index contributed by atoms with van der Waals surface area (Å²) in [5.41, 5.74) is 0.922. The summed E-state index contributed by atoms with van der Waals surface area (Å²) in [4.78, 5) is 33.1. The number of anilines is 1. The number of nitrogens with zero attached hydrogens (tertiary/aromatic N) is 3. The van der Waals surface area contributed by atoms with Gasteiger partial charge >= 0.3 is 0 Å². The van der Waals surface area contributed by atoms with E-state index in [1.165, 1.54) is 37.2 Å². The zero-order valence-electron chi connectivity index (χ0n) is 18.9. The molecular weight excluding hydrogens is 457 g/mol. The molecule has 1 amide bonds. The average Bonchev–Trinajstić information content (AvgIpc) is 3.37. The summed E-state index contributed by atoms with van der Waals surface area (Å²) in [6.45, 7) is 0.735. The number of hydrogen-bond acceptors (Lipinski definition) is 6. The van der Waals surface area contributed by atoms with E-state index in [0.717, 1.165) is 4.88 Å². The van der Waals surface area contributed by atoms with Crippen LogP contribution in [0.5, 0.6) is 11.5 Å². The number of aromatic nitrogens is 2. The Balaban J connectivity index is 1.49. The lowest BCUT2D eigenvalue weighted by Crippen LogP contribution is -2.30. The second-order valence-corrected chi connectivity index (χ2v) is 8.64. The van der Waals surface area contributed by atoms with Gasteiger partial charge < -0.3 is 14.4 Å². The van der Waals surface area contributed by atoms with Crippen molar-refractivity contribution in [1.82, 2.24) is 9.55 Å². The molecule has 7 nitrogen and oxygen atoms in total. The Morgan fingerprint density at radius 2 is 1.85 bits per heavy atom. The van der Waals surface area contributed by atoms with Crippen LogP contribution in [0.15, 0.2) is 65.0 Å². The van der Waals surface area contributed by atoms with Crippen molar-refractivity contribution in [1.29, 1.82) is 0 Å². The van der Waals surface area contributed by atoms with E-state index >= 15 is 0 Å². The van der Waals surface area contributed by atoms with Crippen molar-refractivity contribution in [3.8, 4) is 11.5 Å². The Morgan fingerprint density at radius 1 is 1.12 bits per heavy atom. The molecule has 0 aliphatic heterocycles. The highest BCUT2D eigenvalue weighted by Gasteiger charge is 2.17. The van der Waals surface area contributed by atoms with Crippen LogP contribution in [-0.2, 0) is 17.9 Å². The summed E-state index contributed by atoms with van der Waals surface area (Å²) in [7, 11) is 3.03. The number of carbonyl (C=O) groups excluding carboxylic acids is 1. The third kappa shape index (κ3) is 5.09. The molecule has 34 heavy (non-hydrogen) atoms. The van der Waals surface area contributed by atoms with Gasteiger partial charge in [0, 0.05) is 29.6 Å². The van der Waals surface area contributed by atoms with E-state index in [4.69, 9.17) is 9.47 Å². The zero-order valence-corrected chi connectivity index (χ0v) is 19.7. The fourth-order valence-corrected chi connectivity index (χ4v) is 4.38. The molecule has 4 rings (SSSR count). The molecule has 0 aliphatic carbocycles. The van der Waals surface area contributed by atoms with Gasteiger partial charge in [-0.05, 0) is 48.2 Å². The van der Waals surface area contributed by atoms with Crippen LogP contribution in [0.3, 0.4) is 0 Å². The molecule has 0 radical (unpaired) electrons. The molecule has 176 valence electrons. The Labute approximate surface area is 200 Å². The number of hydrogen-bond donors (Lipinski definition) is 0. The minimum absolute atomic E-state index is 0.104. The first-order valence-corrected chi connectivity index (χ1v) is 11.6. The molecule has 9 heteroatoms. The molecule has 0 saturated heterocycles. The summed E-state index contributed by atoms with van der Waals surface area (Å²) < 4.78 is 25.5. The van der Waals surface area contributed by atoms with Crippen molar-refractivity contribution in [2.24, 2.45) is 0 Å². The maximum absolute atomic E-state index is 13.4. The SMILES string of the molecule is COc1cc2ncn(CCCC(=O)N(Cc3cccs3)c3ccc(F)cc3)c(=O)c2cc1OC. The van der Waals surface area contributed by atoms with Gasteiger partial charge in [0.2, 0.25) is 5.91 Å². The van der Waals surface area contributed by atoms with Gasteiger partial charge in [0.05, 0.1) is 38.0 Å². The molecule has 0 saturated carbocycles. The third-order valence-corrected chi connectivity index (χ3v) is 6.31. The largest absolute Gasteiger partial charge is 0.493 e. The summed E-state index contributed by atoms with van der Waals surface area (Å²) in [6, 6.07) is 13.0. The van der Waals surface area contributed by atoms with Crippen molar-refractivity contribution in [2.45, 2.75) is 25.9 Å². The number of methoxy groups -OCH3 is 2. The lowest BCUT2D eigenvalue weighted by atomic mass is 10.2. The highest BCUT2D eigenvalue weighted by molar-refractivity contribution is 7.09. The predicted molar refractivity (Wildman–Crippen MR) is 130 cm³/mol. The van der Waals surface area contributed by atoms with Crippen molar-refractivity contribution in [3.05, 3.63) is 81.3 Å². The maximum Gasteiger partial charge on any atom is 0.261 e. The summed E-state index contributed by atoms with van der Waals surface area (Å²) in [5.74, 6) is 0.486. The fraction of sp³-hybridized carbons (Fsp3) is 0.240. The van der Waals surface area contributed by atoms with Crippen LogP contribution in [0.2, 0.25) is 0 Å². The molecule has 0 unspecified atom stereocenters. The van der Waals surface area contributed by atoms with Gasteiger partial charge in [0.25, 0.3) is 5.56 Å². The van der Waals surface area contributed by atoms with E-state index in [9.17, 15) is 14.0 Å². The predicted octanol–water partition coefficient (Wildman–Crippen LogP) is 4.63. The van der Waals surface area contributed by atoms with Crippen LogP contribution < -0.4 is 19.9 Å². The number of aryl methyl sites for hydroxylation is 1. The van der Waals surface area contributed by atoms with Gasteiger partial charge in [0.1, 0.15) is 5.82 Å². The van der Waals surface area contributed by atoms with Crippen LogP contribution >= 0.6 is 11.3 Å². The van der Waals surface area contributed by atoms with E-state index in [0.29, 0.717) is 47.6 Å². The van der Waals surface area contributed by atoms with Crippen molar-refractivity contribution in [3.63, 3.8) is 0 Å². The monoisotopic (exact) mass is 481 g/mol. The van der Waals surface area contributed by atoms with Gasteiger partial charge in [-0.15, -0.1) is 11.3 Å². The number of thiophene rings is 1. The van der Waals surface area contributed by atoms with E-state index in [2.05, 4.69) is 4.98 Å². The third-order valence-electron chi connectivity index (χ3n) is 5.45. The van der Waals surface area contributed by atoms with Gasteiger partial charge in [0.15, 0.2) is 11.5 Å². The molecule has 4 aromatic rings. The normalized spacial score (nSPS) is 10.9. The minimum Gasteiger partial charge on any atom is -0.493 e. The van der Waals surface area contributed by atoms with E-state index in [1.807, 2.05) is 17.5 Å². The molecule has 0 N–H and O–H groups in total. The lowest BCUT2D eigenvalue weighted by molar-refractivity contribution is -0.118. The van der Waals surface area contributed by atoms with Crippen molar-refractivity contribution in [2.75, 3.05) is 19.1 Å². The number of rotatable bonds is 9. The molecule has 2 heterocycles. The van der Waals surface area contributed by atoms with E-state index in [1.54, 1.807) is 40.5 Å². The number of carbonyl (C=O) groups is 1. The molecule has 0 atom stereocenters. The minimum atomic E-state index is -0.357. The van der Waals surface area contributed by atoms with Crippen LogP contribution in [-0.4, -0.2) is 29.7 Å². The first-order chi connectivity index (χ1) is 16.5. The summed E-state index contributed by atoms with van der Waals surface area (Å²) >= 11 is 1.55. The molecule has 0 spiro atoms. The second kappa shape index (κ2) is 10.5. The Hall–Kier alpha value is -3.72. The van der Waals surface area contributed by atoms with Crippen LogP contribution in [0.4, 0.5) is 10.1 Å². The number of benzene rings is 2. The molecule has 2 aromatic carbocycles. The smallest absolute Gasteiger partial charge is 0.261 e. The molecule has 0 fully saturated rings. The maximum atomic E-state index is 13.4. The zero-order chi connectivity index (χ0) is 24.1. The topological polar surface area (TPSA) is 73.7 Å². The van der Waals surface area contributed by atoms with E-state index in [-0.39, 0.29) is 23.7 Å². The quantitative estimate of drug-likeness (QED) is 0.349.